The van der Waals surface area contributed by atoms with E-state index in [1.807, 2.05) is 32.0 Å². The molecule has 2 aliphatic heterocycles. The molecule has 2 aliphatic rings. The van der Waals surface area contributed by atoms with E-state index in [2.05, 4.69) is 25.5 Å². The lowest BCUT2D eigenvalue weighted by atomic mass is 10.2. The Morgan fingerprint density at radius 1 is 1.19 bits per heavy atom. The van der Waals surface area contributed by atoms with Crippen molar-refractivity contribution in [1.82, 2.24) is 9.88 Å². The highest BCUT2D eigenvalue weighted by atomic mass is 32.1. The van der Waals surface area contributed by atoms with Gasteiger partial charge in [-0.3, -0.25) is 9.69 Å². The number of carbonyl (C=O) groups excluding carboxylic acids is 1. The highest BCUT2D eigenvalue weighted by Crippen LogP contribution is 2.32. The van der Waals surface area contributed by atoms with Crippen molar-refractivity contribution in [1.29, 1.82) is 0 Å². The molecule has 7 nitrogen and oxygen atoms in total. The van der Waals surface area contributed by atoms with Crippen LogP contribution in [0.15, 0.2) is 23.6 Å². The Bertz CT molecular complexity index is 817. The first-order valence-corrected chi connectivity index (χ1v) is 10.1. The molecule has 1 N–H and O–H groups in total. The second-order valence-corrected chi connectivity index (χ2v) is 7.65. The van der Waals surface area contributed by atoms with Crippen molar-refractivity contribution >= 4 is 28.1 Å². The van der Waals surface area contributed by atoms with E-state index in [0.29, 0.717) is 19.0 Å². The molecule has 4 rings (SSSR count). The third-order valence-corrected chi connectivity index (χ3v) is 5.95. The molecule has 0 radical (unpaired) electrons. The van der Waals surface area contributed by atoms with Gasteiger partial charge in [0.05, 0.1) is 11.7 Å². The molecule has 27 heavy (non-hydrogen) atoms. The zero-order valence-electron chi connectivity index (χ0n) is 15.6. The van der Waals surface area contributed by atoms with Gasteiger partial charge < -0.3 is 19.7 Å². The summed E-state index contributed by atoms with van der Waals surface area (Å²) >= 11 is 1.68. The van der Waals surface area contributed by atoms with Crippen LogP contribution in [0.5, 0.6) is 11.5 Å². The molecule has 1 aromatic carbocycles. The fourth-order valence-electron chi connectivity index (χ4n) is 3.32. The van der Waals surface area contributed by atoms with Crippen molar-refractivity contribution in [3.63, 3.8) is 0 Å². The maximum Gasteiger partial charge on any atom is 0.241 e. The van der Waals surface area contributed by atoms with Crippen LogP contribution in [0.3, 0.4) is 0 Å². The number of rotatable bonds is 4. The molecule has 1 aromatic heterocycles. The number of piperazine rings is 1. The summed E-state index contributed by atoms with van der Waals surface area (Å²) in [6, 6.07) is 5.31. The van der Waals surface area contributed by atoms with Gasteiger partial charge in [-0.1, -0.05) is 0 Å². The number of benzene rings is 1. The third kappa shape index (κ3) is 4.01. The van der Waals surface area contributed by atoms with Gasteiger partial charge in [0.25, 0.3) is 0 Å². The topological polar surface area (TPSA) is 66.9 Å². The molecule has 8 heteroatoms. The lowest BCUT2D eigenvalue weighted by molar-refractivity contribution is -0.120. The lowest BCUT2D eigenvalue weighted by Crippen LogP contribution is -2.52. The smallest absolute Gasteiger partial charge is 0.241 e. The van der Waals surface area contributed by atoms with Gasteiger partial charge in [0.1, 0.15) is 13.2 Å². The minimum atomic E-state index is -0.196. The van der Waals surface area contributed by atoms with Crippen LogP contribution in [-0.2, 0) is 4.79 Å². The van der Waals surface area contributed by atoms with Crippen LogP contribution in [-0.4, -0.2) is 61.2 Å². The monoisotopic (exact) mass is 388 g/mol. The zero-order valence-corrected chi connectivity index (χ0v) is 16.4. The van der Waals surface area contributed by atoms with E-state index >= 15 is 0 Å². The van der Waals surface area contributed by atoms with E-state index in [1.54, 1.807) is 11.3 Å². The Balaban J connectivity index is 1.33. The maximum atomic E-state index is 12.7. The molecule has 144 valence electrons. The van der Waals surface area contributed by atoms with Crippen molar-refractivity contribution in [2.75, 3.05) is 49.6 Å². The molecular weight excluding hydrogens is 364 g/mol. The number of aryl methyl sites for hydroxylation is 1. The Labute approximate surface area is 162 Å². The van der Waals surface area contributed by atoms with Gasteiger partial charge >= 0.3 is 0 Å². The Hall–Kier alpha value is -2.32. The number of thiazole rings is 1. The summed E-state index contributed by atoms with van der Waals surface area (Å²) in [5, 5.41) is 6.14. The number of amides is 1. The average molecular weight is 388 g/mol. The predicted molar refractivity (Wildman–Crippen MR) is 106 cm³/mol. The highest BCUT2D eigenvalue weighted by Gasteiger charge is 2.27. The first kappa shape index (κ1) is 18.1. The summed E-state index contributed by atoms with van der Waals surface area (Å²) in [6.07, 6.45) is 0. The molecule has 0 saturated carbocycles. The van der Waals surface area contributed by atoms with Gasteiger partial charge in [-0.25, -0.2) is 4.98 Å². The van der Waals surface area contributed by atoms with Gasteiger partial charge in [-0.2, -0.15) is 0 Å². The summed E-state index contributed by atoms with van der Waals surface area (Å²) < 4.78 is 11.1. The molecule has 1 saturated heterocycles. The average Bonchev–Trinajstić information content (AvgIpc) is 3.14. The van der Waals surface area contributed by atoms with Crippen molar-refractivity contribution < 1.29 is 14.3 Å². The maximum absolute atomic E-state index is 12.7. The number of fused-ring (bicyclic) bond motifs is 1. The van der Waals surface area contributed by atoms with Crippen LogP contribution in [0.4, 0.5) is 10.8 Å². The molecule has 0 spiro atoms. The van der Waals surface area contributed by atoms with Crippen LogP contribution < -0.4 is 19.7 Å². The molecule has 0 bridgehead atoms. The van der Waals surface area contributed by atoms with Crippen molar-refractivity contribution in [3.05, 3.63) is 29.3 Å². The van der Waals surface area contributed by atoms with Crippen LogP contribution in [0, 0.1) is 6.92 Å². The molecule has 0 aliphatic carbocycles. The summed E-state index contributed by atoms with van der Waals surface area (Å²) in [5.41, 5.74) is 1.79. The molecule has 2 aromatic rings. The van der Waals surface area contributed by atoms with Crippen LogP contribution in [0.25, 0.3) is 0 Å². The second-order valence-electron chi connectivity index (χ2n) is 6.82. The van der Waals surface area contributed by atoms with E-state index in [-0.39, 0.29) is 11.9 Å². The SMILES string of the molecule is Cc1csc(N2CCN(C(C)C(=O)Nc3ccc4c(c3)OCCO4)CC2)n1. The summed E-state index contributed by atoms with van der Waals surface area (Å²) in [6.45, 7) is 8.51. The quantitative estimate of drug-likeness (QED) is 0.867. The number of hydrogen-bond donors (Lipinski definition) is 1. The zero-order chi connectivity index (χ0) is 18.8. The Morgan fingerprint density at radius 3 is 2.63 bits per heavy atom. The lowest BCUT2D eigenvalue weighted by Gasteiger charge is -2.37. The van der Waals surface area contributed by atoms with Gasteiger partial charge in [-0.15, -0.1) is 11.3 Å². The van der Waals surface area contributed by atoms with Gasteiger partial charge in [0.15, 0.2) is 16.6 Å². The second kappa shape index (κ2) is 7.74. The van der Waals surface area contributed by atoms with Crippen molar-refractivity contribution in [2.24, 2.45) is 0 Å². The van der Waals surface area contributed by atoms with Gasteiger partial charge in [0, 0.05) is 43.3 Å². The molecule has 1 atom stereocenters. The molecule has 1 unspecified atom stereocenters. The number of hydrogen-bond acceptors (Lipinski definition) is 7. The highest BCUT2D eigenvalue weighted by molar-refractivity contribution is 7.13. The molecule has 1 amide bonds. The standard InChI is InChI=1S/C19H24N4O3S/c1-13-12-27-19(20-13)23-7-5-22(6-8-23)14(2)18(24)21-15-3-4-16-17(11-15)26-10-9-25-16/h3-4,11-12,14H,5-10H2,1-2H3,(H,21,24). The fraction of sp³-hybridized carbons (Fsp3) is 0.474. The number of aromatic nitrogens is 1. The van der Waals surface area contributed by atoms with Crippen molar-refractivity contribution in [2.45, 2.75) is 19.9 Å². The predicted octanol–water partition coefficient (Wildman–Crippen LogP) is 2.37. The number of nitrogens with zero attached hydrogens (tertiary/aromatic N) is 3. The van der Waals surface area contributed by atoms with Crippen LogP contribution >= 0.6 is 11.3 Å². The molecule has 1 fully saturated rings. The number of anilines is 2. The minimum absolute atomic E-state index is 0.00905. The Kier molecular flexibility index (Phi) is 5.18. The summed E-state index contributed by atoms with van der Waals surface area (Å²) in [7, 11) is 0. The fourth-order valence-corrected chi connectivity index (χ4v) is 4.18. The van der Waals surface area contributed by atoms with E-state index in [0.717, 1.165) is 48.4 Å². The van der Waals surface area contributed by atoms with E-state index in [1.165, 1.54) is 0 Å². The van der Waals surface area contributed by atoms with Gasteiger partial charge in [-0.05, 0) is 26.0 Å². The van der Waals surface area contributed by atoms with E-state index in [9.17, 15) is 4.79 Å². The van der Waals surface area contributed by atoms with Crippen LogP contribution in [0.1, 0.15) is 12.6 Å². The number of nitrogens with one attached hydrogen (secondary N) is 1. The van der Waals surface area contributed by atoms with Crippen LogP contribution in [0.2, 0.25) is 0 Å². The van der Waals surface area contributed by atoms with E-state index < -0.39 is 0 Å². The largest absolute Gasteiger partial charge is 0.486 e. The number of ether oxygens (including phenoxy) is 2. The number of carbonyl (C=O) groups is 1. The van der Waals surface area contributed by atoms with Gasteiger partial charge in [0.2, 0.25) is 5.91 Å². The van der Waals surface area contributed by atoms with Crippen molar-refractivity contribution in [3.8, 4) is 11.5 Å². The minimum Gasteiger partial charge on any atom is -0.486 e. The summed E-state index contributed by atoms with van der Waals surface area (Å²) in [5.74, 6) is 1.39. The molecular formula is C19H24N4O3S. The first-order valence-electron chi connectivity index (χ1n) is 9.22. The normalized spacial score (nSPS) is 18.2. The first-order chi connectivity index (χ1) is 13.1. The molecule has 3 heterocycles. The van der Waals surface area contributed by atoms with E-state index in [4.69, 9.17) is 9.47 Å². The Morgan fingerprint density at radius 2 is 1.93 bits per heavy atom. The third-order valence-electron chi connectivity index (χ3n) is 4.93. The summed E-state index contributed by atoms with van der Waals surface area (Å²) in [4.78, 5) is 21.7.